The van der Waals surface area contributed by atoms with Crippen molar-refractivity contribution in [2.24, 2.45) is 0 Å². The number of benzene rings is 2. The lowest BCUT2D eigenvalue weighted by Crippen LogP contribution is -2.03. The van der Waals surface area contributed by atoms with Crippen LogP contribution in [0.3, 0.4) is 0 Å². The molecule has 3 nitrogen and oxygen atoms in total. The molecule has 0 aliphatic rings. The van der Waals surface area contributed by atoms with E-state index in [1.54, 1.807) is 0 Å². The van der Waals surface area contributed by atoms with E-state index in [-0.39, 0.29) is 0 Å². The molecule has 0 saturated carbocycles. The molecule has 2 aromatic carbocycles. The molecule has 0 amide bonds. The number of aryl methyl sites for hydroxylation is 2. The van der Waals surface area contributed by atoms with E-state index in [1.165, 1.54) is 11.1 Å². The summed E-state index contributed by atoms with van der Waals surface area (Å²) >= 11 is 0. The van der Waals surface area contributed by atoms with Crippen molar-refractivity contribution in [1.29, 1.82) is 0 Å². The minimum atomic E-state index is 0.771. The summed E-state index contributed by atoms with van der Waals surface area (Å²) in [5, 5.41) is 4.42. The van der Waals surface area contributed by atoms with Crippen molar-refractivity contribution in [3.63, 3.8) is 0 Å². The molecule has 0 saturated heterocycles. The highest BCUT2D eigenvalue weighted by Gasteiger charge is 2.10. The third-order valence-electron chi connectivity index (χ3n) is 3.58. The standard InChI is InChI=1S/C18H19N3/c1-4-19-18-15-7-5-6-13(3)16(15)20-17(21-18)14-10-8-12(2)9-11-14/h5-11H,4H2,1-3H3,(H,19,20,21). The van der Waals surface area contributed by atoms with Gasteiger partial charge in [0.15, 0.2) is 5.82 Å². The Labute approximate surface area is 125 Å². The molecule has 0 atom stereocenters. The van der Waals surface area contributed by atoms with Crippen molar-refractivity contribution in [2.75, 3.05) is 11.9 Å². The molecule has 3 rings (SSSR count). The summed E-state index contributed by atoms with van der Waals surface area (Å²) in [5.74, 6) is 1.68. The van der Waals surface area contributed by atoms with Gasteiger partial charge in [-0.15, -0.1) is 0 Å². The topological polar surface area (TPSA) is 37.8 Å². The number of fused-ring (bicyclic) bond motifs is 1. The number of anilines is 1. The van der Waals surface area contributed by atoms with Gasteiger partial charge in [0.05, 0.1) is 5.52 Å². The molecule has 0 fully saturated rings. The lowest BCUT2D eigenvalue weighted by molar-refractivity contribution is 1.14. The molecule has 1 heterocycles. The summed E-state index contributed by atoms with van der Waals surface area (Å²) in [6.07, 6.45) is 0. The molecule has 3 heteroatoms. The Morgan fingerprint density at radius 2 is 1.71 bits per heavy atom. The van der Waals surface area contributed by atoms with Gasteiger partial charge in [-0.2, -0.15) is 0 Å². The summed E-state index contributed by atoms with van der Waals surface area (Å²) in [5.41, 5.74) is 4.47. The van der Waals surface area contributed by atoms with E-state index in [0.29, 0.717) is 0 Å². The molecular weight excluding hydrogens is 258 g/mol. The van der Waals surface area contributed by atoms with Crippen LogP contribution in [0.4, 0.5) is 5.82 Å². The highest BCUT2D eigenvalue weighted by molar-refractivity contribution is 5.92. The number of hydrogen-bond acceptors (Lipinski definition) is 3. The third-order valence-corrected chi connectivity index (χ3v) is 3.58. The summed E-state index contributed by atoms with van der Waals surface area (Å²) < 4.78 is 0. The Morgan fingerprint density at radius 1 is 0.952 bits per heavy atom. The van der Waals surface area contributed by atoms with Crippen LogP contribution < -0.4 is 5.32 Å². The maximum absolute atomic E-state index is 4.77. The Hall–Kier alpha value is -2.42. The second-order valence-electron chi connectivity index (χ2n) is 5.26. The predicted molar refractivity (Wildman–Crippen MR) is 88.6 cm³/mol. The van der Waals surface area contributed by atoms with Crippen LogP contribution in [0.15, 0.2) is 42.5 Å². The number of nitrogens with one attached hydrogen (secondary N) is 1. The highest BCUT2D eigenvalue weighted by Crippen LogP contribution is 2.26. The van der Waals surface area contributed by atoms with Gasteiger partial charge in [0.1, 0.15) is 5.82 Å². The quantitative estimate of drug-likeness (QED) is 0.773. The first-order valence-electron chi connectivity index (χ1n) is 7.27. The SMILES string of the molecule is CCNc1nc(-c2ccc(C)cc2)nc2c(C)cccc12. The molecule has 0 bridgehead atoms. The maximum Gasteiger partial charge on any atom is 0.162 e. The van der Waals surface area contributed by atoms with Gasteiger partial charge in [-0.3, -0.25) is 0 Å². The number of nitrogens with zero attached hydrogens (tertiary/aromatic N) is 2. The molecule has 1 aromatic heterocycles. The van der Waals surface area contributed by atoms with Crippen LogP contribution in [-0.4, -0.2) is 16.5 Å². The molecular formula is C18H19N3. The fourth-order valence-electron chi connectivity index (χ4n) is 2.43. The van der Waals surface area contributed by atoms with Crippen LogP contribution in [0, 0.1) is 13.8 Å². The molecule has 0 radical (unpaired) electrons. The zero-order valence-electron chi connectivity index (χ0n) is 12.6. The summed E-state index contributed by atoms with van der Waals surface area (Å²) in [6.45, 7) is 7.09. The van der Waals surface area contributed by atoms with Gasteiger partial charge in [-0.1, -0.05) is 42.0 Å². The summed E-state index contributed by atoms with van der Waals surface area (Å²) in [7, 11) is 0. The molecule has 3 aromatic rings. The van der Waals surface area contributed by atoms with Crippen LogP contribution in [0.25, 0.3) is 22.3 Å². The molecule has 106 valence electrons. The van der Waals surface area contributed by atoms with E-state index >= 15 is 0 Å². The van der Waals surface area contributed by atoms with Gasteiger partial charge >= 0.3 is 0 Å². The van der Waals surface area contributed by atoms with Crippen molar-refractivity contribution in [3.05, 3.63) is 53.6 Å². The summed E-state index contributed by atoms with van der Waals surface area (Å²) in [6, 6.07) is 14.5. The second kappa shape index (κ2) is 5.52. The molecule has 0 aliphatic heterocycles. The lowest BCUT2D eigenvalue weighted by Gasteiger charge is -2.11. The monoisotopic (exact) mass is 277 g/mol. The maximum atomic E-state index is 4.77. The number of hydrogen-bond donors (Lipinski definition) is 1. The van der Waals surface area contributed by atoms with E-state index in [9.17, 15) is 0 Å². The van der Waals surface area contributed by atoms with Crippen molar-refractivity contribution in [3.8, 4) is 11.4 Å². The van der Waals surface area contributed by atoms with Crippen molar-refractivity contribution < 1.29 is 0 Å². The van der Waals surface area contributed by atoms with Crippen molar-refractivity contribution in [2.45, 2.75) is 20.8 Å². The second-order valence-corrected chi connectivity index (χ2v) is 5.26. The number of aromatic nitrogens is 2. The molecule has 0 aliphatic carbocycles. The van der Waals surface area contributed by atoms with Gasteiger partial charge in [0.2, 0.25) is 0 Å². The van der Waals surface area contributed by atoms with Crippen LogP contribution in [0.5, 0.6) is 0 Å². The van der Waals surface area contributed by atoms with Gasteiger partial charge in [0, 0.05) is 17.5 Å². The lowest BCUT2D eigenvalue weighted by atomic mass is 10.1. The Morgan fingerprint density at radius 3 is 2.43 bits per heavy atom. The fourth-order valence-corrected chi connectivity index (χ4v) is 2.43. The van der Waals surface area contributed by atoms with Crippen LogP contribution in [0.1, 0.15) is 18.1 Å². The van der Waals surface area contributed by atoms with Gasteiger partial charge in [-0.05, 0) is 32.4 Å². The zero-order chi connectivity index (χ0) is 14.8. The van der Waals surface area contributed by atoms with E-state index in [0.717, 1.165) is 34.7 Å². The van der Waals surface area contributed by atoms with Gasteiger partial charge in [-0.25, -0.2) is 9.97 Å². The zero-order valence-corrected chi connectivity index (χ0v) is 12.6. The van der Waals surface area contributed by atoms with Crippen LogP contribution >= 0.6 is 0 Å². The highest BCUT2D eigenvalue weighted by atomic mass is 15.0. The first-order valence-corrected chi connectivity index (χ1v) is 7.27. The fraction of sp³-hybridized carbons (Fsp3) is 0.222. The van der Waals surface area contributed by atoms with E-state index in [4.69, 9.17) is 9.97 Å². The average molecular weight is 277 g/mol. The van der Waals surface area contributed by atoms with Crippen molar-refractivity contribution >= 4 is 16.7 Å². The number of rotatable bonds is 3. The predicted octanol–water partition coefficient (Wildman–Crippen LogP) is 4.35. The van der Waals surface area contributed by atoms with E-state index in [2.05, 4.69) is 62.5 Å². The largest absolute Gasteiger partial charge is 0.370 e. The number of para-hydroxylation sites is 1. The Balaban J connectivity index is 2.24. The van der Waals surface area contributed by atoms with Gasteiger partial charge in [0.25, 0.3) is 0 Å². The molecule has 0 spiro atoms. The molecule has 1 N–H and O–H groups in total. The Bertz CT molecular complexity index is 776. The first-order chi connectivity index (χ1) is 10.2. The Kier molecular flexibility index (Phi) is 3.57. The van der Waals surface area contributed by atoms with E-state index in [1.807, 2.05) is 6.07 Å². The van der Waals surface area contributed by atoms with E-state index < -0.39 is 0 Å². The smallest absolute Gasteiger partial charge is 0.162 e. The summed E-state index contributed by atoms with van der Waals surface area (Å²) in [4.78, 5) is 9.48. The minimum Gasteiger partial charge on any atom is -0.370 e. The third kappa shape index (κ3) is 2.59. The van der Waals surface area contributed by atoms with Crippen molar-refractivity contribution in [1.82, 2.24) is 9.97 Å². The first kappa shape index (κ1) is 13.6. The molecule has 21 heavy (non-hydrogen) atoms. The molecule has 0 unspecified atom stereocenters. The van der Waals surface area contributed by atoms with Crippen LogP contribution in [0.2, 0.25) is 0 Å². The van der Waals surface area contributed by atoms with Gasteiger partial charge < -0.3 is 5.32 Å². The minimum absolute atomic E-state index is 0.771. The van der Waals surface area contributed by atoms with Crippen LogP contribution in [-0.2, 0) is 0 Å². The average Bonchev–Trinajstić information content (AvgIpc) is 2.49. The normalized spacial score (nSPS) is 10.8.